The van der Waals surface area contributed by atoms with Crippen molar-refractivity contribution in [3.63, 3.8) is 0 Å². The van der Waals surface area contributed by atoms with E-state index in [9.17, 15) is 22.8 Å². The van der Waals surface area contributed by atoms with Gasteiger partial charge in [-0.2, -0.15) is 18.3 Å². The minimum absolute atomic E-state index is 0.0687. The lowest BCUT2D eigenvalue weighted by molar-refractivity contribution is -0.144. The van der Waals surface area contributed by atoms with Crippen LogP contribution in [0.3, 0.4) is 0 Å². The van der Waals surface area contributed by atoms with Crippen LogP contribution in [-0.4, -0.2) is 62.8 Å². The zero-order valence-electron chi connectivity index (χ0n) is 20.6. The molecule has 34 heavy (non-hydrogen) atoms. The van der Waals surface area contributed by atoms with Crippen molar-refractivity contribution in [3.05, 3.63) is 22.1 Å². The summed E-state index contributed by atoms with van der Waals surface area (Å²) in [6.45, 7) is 11.0. The molecule has 0 bridgehead atoms. The van der Waals surface area contributed by atoms with Crippen LogP contribution in [0.1, 0.15) is 32.3 Å². The Bertz CT molecular complexity index is 873. The normalized spacial score (nSPS) is 19.0. The summed E-state index contributed by atoms with van der Waals surface area (Å²) < 4.78 is 58.6. The Hall–Kier alpha value is -1.92. The summed E-state index contributed by atoms with van der Waals surface area (Å²) in [5.74, 6) is -0.287. The Kier molecular flexibility index (Phi) is 10.1. The van der Waals surface area contributed by atoms with Crippen LogP contribution in [0.2, 0.25) is 25.7 Å². The highest BCUT2D eigenvalue weighted by molar-refractivity contribution is 6.76. The molecule has 0 spiro atoms. The molecule has 0 N–H and O–H groups in total. The van der Waals surface area contributed by atoms with Gasteiger partial charge in [-0.3, -0.25) is 9.59 Å². The molecule has 2 rings (SSSR count). The Balaban J connectivity index is 2.17. The first kappa shape index (κ1) is 28.3. The van der Waals surface area contributed by atoms with Gasteiger partial charge < -0.3 is 19.1 Å². The molecule has 0 unspecified atom stereocenters. The molecule has 194 valence electrons. The molecule has 12 heteroatoms. The number of hydrogen-bond acceptors (Lipinski definition) is 7. The molecular weight excluding hydrogens is 471 g/mol. The lowest BCUT2D eigenvalue weighted by Crippen LogP contribution is -2.39. The molecular formula is C22H36F3N3O5Si. The Morgan fingerprint density at radius 2 is 1.94 bits per heavy atom. The van der Waals surface area contributed by atoms with E-state index in [1.54, 1.807) is 11.8 Å². The number of anilines is 1. The number of halogens is 3. The van der Waals surface area contributed by atoms with Crippen molar-refractivity contribution in [1.29, 1.82) is 0 Å². The van der Waals surface area contributed by atoms with E-state index in [4.69, 9.17) is 14.2 Å². The van der Waals surface area contributed by atoms with Gasteiger partial charge in [0.25, 0.3) is 5.56 Å². The zero-order chi connectivity index (χ0) is 25.5. The molecule has 1 fully saturated rings. The first-order chi connectivity index (χ1) is 15.8. The molecule has 2 heterocycles. The number of alkyl halides is 3. The Labute approximate surface area is 199 Å². The monoisotopic (exact) mass is 507 g/mol. The number of rotatable bonds is 12. The second-order valence-corrected chi connectivity index (χ2v) is 15.5. The van der Waals surface area contributed by atoms with E-state index in [0.717, 1.165) is 16.9 Å². The molecule has 0 saturated carbocycles. The maximum absolute atomic E-state index is 14.0. The molecule has 1 aliphatic rings. The topological polar surface area (TPSA) is 82.9 Å². The smallest absolute Gasteiger partial charge is 0.423 e. The van der Waals surface area contributed by atoms with E-state index >= 15 is 0 Å². The van der Waals surface area contributed by atoms with Gasteiger partial charge in [-0.25, -0.2) is 4.68 Å². The van der Waals surface area contributed by atoms with Crippen molar-refractivity contribution in [2.24, 2.45) is 5.92 Å². The molecule has 0 aromatic carbocycles. The number of carbonyl (C=O) groups is 1. The first-order valence-electron chi connectivity index (χ1n) is 11.6. The molecule has 1 aliphatic heterocycles. The van der Waals surface area contributed by atoms with Gasteiger partial charge in [0.05, 0.1) is 44.2 Å². The second kappa shape index (κ2) is 12.2. The zero-order valence-corrected chi connectivity index (χ0v) is 21.6. The van der Waals surface area contributed by atoms with Crippen molar-refractivity contribution in [1.82, 2.24) is 9.78 Å². The summed E-state index contributed by atoms with van der Waals surface area (Å²) in [4.78, 5) is 25.8. The van der Waals surface area contributed by atoms with Gasteiger partial charge in [-0.05, 0) is 25.3 Å². The van der Waals surface area contributed by atoms with Gasteiger partial charge in [-0.1, -0.05) is 26.6 Å². The van der Waals surface area contributed by atoms with Crippen LogP contribution in [0, 0.1) is 5.92 Å². The molecule has 1 saturated heterocycles. The molecule has 0 amide bonds. The van der Waals surface area contributed by atoms with Crippen LogP contribution >= 0.6 is 0 Å². The lowest BCUT2D eigenvalue weighted by atomic mass is 10.1. The van der Waals surface area contributed by atoms with Gasteiger partial charge >= 0.3 is 12.1 Å². The number of aromatic nitrogens is 2. The Morgan fingerprint density at radius 1 is 1.24 bits per heavy atom. The molecule has 1 aromatic heterocycles. The average Bonchev–Trinajstić information content (AvgIpc) is 3.08. The molecule has 0 radical (unpaired) electrons. The number of carbonyl (C=O) groups excluding carboxylic acids is 1. The van der Waals surface area contributed by atoms with Crippen molar-refractivity contribution in [2.75, 3.05) is 37.9 Å². The summed E-state index contributed by atoms with van der Waals surface area (Å²) in [5.41, 5.74) is -2.72. The fourth-order valence-corrected chi connectivity index (χ4v) is 4.55. The van der Waals surface area contributed by atoms with E-state index in [2.05, 4.69) is 24.7 Å². The van der Waals surface area contributed by atoms with Crippen LogP contribution in [0.5, 0.6) is 0 Å². The third-order valence-corrected chi connectivity index (χ3v) is 7.22. The number of hydrogen-bond donors (Lipinski definition) is 0. The highest BCUT2D eigenvalue weighted by Crippen LogP contribution is 2.37. The van der Waals surface area contributed by atoms with E-state index in [0.29, 0.717) is 19.6 Å². The van der Waals surface area contributed by atoms with Crippen LogP contribution in [-0.2, 0) is 31.9 Å². The Morgan fingerprint density at radius 3 is 2.56 bits per heavy atom. The fourth-order valence-electron chi connectivity index (χ4n) is 3.80. The van der Waals surface area contributed by atoms with E-state index in [-0.39, 0.29) is 50.6 Å². The standard InChI is InChI=1S/C22H36F3N3O5Si/c1-6-33-19(29)7-8-31-14-17-11-16(2)13-27(17)18-12-26-28(15-32-9-10-34(3,4)5)21(30)20(18)22(23,24)25/h12,16-17H,6-11,13-15H2,1-5H3/t16-,17-/m0/s1. The minimum atomic E-state index is -4.85. The third-order valence-electron chi connectivity index (χ3n) is 5.52. The predicted octanol–water partition coefficient (Wildman–Crippen LogP) is 3.76. The van der Waals surface area contributed by atoms with Gasteiger partial charge in [0.15, 0.2) is 0 Å². The van der Waals surface area contributed by atoms with Crippen LogP contribution in [0.25, 0.3) is 0 Å². The van der Waals surface area contributed by atoms with Crippen molar-refractivity contribution >= 4 is 19.7 Å². The van der Waals surface area contributed by atoms with Gasteiger partial charge in [0, 0.05) is 21.2 Å². The molecule has 8 nitrogen and oxygen atoms in total. The minimum Gasteiger partial charge on any atom is -0.466 e. The second-order valence-electron chi connectivity index (χ2n) is 9.83. The highest BCUT2D eigenvalue weighted by atomic mass is 28.3. The quantitative estimate of drug-likeness (QED) is 0.242. The summed E-state index contributed by atoms with van der Waals surface area (Å²) >= 11 is 0. The van der Waals surface area contributed by atoms with Crippen LogP contribution < -0.4 is 10.5 Å². The summed E-state index contributed by atoms with van der Waals surface area (Å²) in [6, 6.07) is 0.457. The lowest BCUT2D eigenvalue weighted by Gasteiger charge is -2.29. The van der Waals surface area contributed by atoms with Gasteiger partial charge in [0.1, 0.15) is 12.3 Å². The predicted molar refractivity (Wildman–Crippen MR) is 125 cm³/mol. The largest absolute Gasteiger partial charge is 0.466 e. The van der Waals surface area contributed by atoms with Gasteiger partial charge in [-0.15, -0.1) is 0 Å². The third kappa shape index (κ3) is 8.38. The molecule has 0 aliphatic carbocycles. The fraction of sp³-hybridized carbons (Fsp3) is 0.773. The maximum Gasteiger partial charge on any atom is 0.423 e. The summed E-state index contributed by atoms with van der Waals surface area (Å²) in [7, 11) is -1.37. The number of esters is 1. The van der Waals surface area contributed by atoms with E-state index < -0.39 is 31.3 Å². The van der Waals surface area contributed by atoms with Gasteiger partial charge in [0.2, 0.25) is 0 Å². The van der Waals surface area contributed by atoms with Crippen molar-refractivity contribution in [3.8, 4) is 0 Å². The SMILES string of the molecule is CCOC(=O)CCOC[C@@H]1C[C@H](C)CN1c1cnn(COCC[Si](C)(C)C)c(=O)c1C(F)(F)F. The van der Waals surface area contributed by atoms with E-state index in [1.807, 2.05) is 6.92 Å². The first-order valence-corrected chi connectivity index (χ1v) is 15.3. The maximum atomic E-state index is 14.0. The number of nitrogens with zero attached hydrogens (tertiary/aromatic N) is 3. The summed E-state index contributed by atoms with van der Waals surface area (Å²) in [6.07, 6.45) is -3.09. The molecule has 2 atom stereocenters. The average molecular weight is 508 g/mol. The summed E-state index contributed by atoms with van der Waals surface area (Å²) in [5, 5.41) is 3.98. The number of ether oxygens (including phenoxy) is 3. The molecule has 1 aromatic rings. The van der Waals surface area contributed by atoms with Crippen molar-refractivity contribution in [2.45, 2.75) is 71.3 Å². The van der Waals surface area contributed by atoms with Crippen molar-refractivity contribution < 1.29 is 32.2 Å². The highest BCUT2D eigenvalue weighted by Gasteiger charge is 2.42. The van der Waals surface area contributed by atoms with Crippen LogP contribution in [0.4, 0.5) is 18.9 Å². The van der Waals surface area contributed by atoms with E-state index in [1.165, 1.54) is 0 Å². The van der Waals surface area contributed by atoms with Crippen LogP contribution in [0.15, 0.2) is 11.0 Å².